The summed E-state index contributed by atoms with van der Waals surface area (Å²) < 4.78 is 69.0. The summed E-state index contributed by atoms with van der Waals surface area (Å²) in [4.78, 5) is 4.12. The molecule has 10 heteroatoms. The van der Waals surface area contributed by atoms with Crippen molar-refractivity contribution < 1.29 is 26.7 Å². The molecule has 0 aliphatic carbocycles. The smallest absolute Gasteiger partial charge is 0.416 e. The summed E-state index contributed by atoms with van der Waals surface area (Å²) >= 11 is 0. The van der Waals surface area contributed by atoms with Crippen molar-refractivity contribution in [2.45, 2.75) is 18.8 Å². The standard InChI is InChI=1S/C19H13F5N4O/c20-17(21)29-14-7-3-11(4-8-14)15-9-16(28-18(27-15)25-10-26-28)12-1-5-13(6-2-12)19(22,23)24/h1-10,16-17H,(H,25,26,27)/t16-/m1/s1. The van der Waals surface area contributed by atoms with Crippen molar-refractivity contribution in [1.82, 2.24) is 14.8 Å². The van der Waals surface area contributed by atoms with Gasteiger partial charge in [0.05, 0.1) is 5.56 Å². The van der Waals surface area contributed by atoms with Gasteiger partial charge in [-0.1, -0.05) is 12.1 Å². The molecule has 1 atom stereocenters. The quantitative estimate of drug-likeness (QED) is 0.621. The van der Waals surface area contributed by atoms with E-state index in [1.165, 1.54) is 30.6 Å². The Hall–Kier alpha value is -3.43. The van der Waals surface area contributed by atoms with Crippen LogP contribution in [0.1, 0.15) is 22.7 Å². The largest absolute Gasteiger partial charge is 0.435 e. The zero-order valence-corrected chi connectivity index (χ0v) is 14.6. The van der Waals surface area contributed by atoms with Gasteiger partial charge in [-0.2, -0.15) is 32.0 Å². The highest BCUT2D eigenvalue weighted by Crippen LogP contribution is 2.34. The molecule has 1 aliphatic rings. The maximum Gasteiger partial charge on any atom is 0.416 e. The van der Waals surface area contributed by atoms with E-state index in [1.54, 1.807) is 22.9 Å². The SMILES string of the molecule is FC(F)Oc1ccc(C2=C[C@H](c3ccc(C(F)(F)F)cc3)n3ncnc3N2)cc1. The third kappa shape index (κ3) is 3.91. The Morgan fingerprint density at radius 3 is 2.31 bits per heavy atom. The Bertz CT molecular complexity index is 1030. The molecule has 0 radical (unpaired) electrons. The average molecular weight is 408 g/mol. The van der Waals surface area contributed by atoms with Crippen LogP contribution in [0, 0.1) is 0 Å². The van der Waals surface area contributed by atoms with Crippen molar-refractivity contribution in [2.75, 3.05) is 5.32 Å². The second-order valence-electron chi connectivity index (χ2n) is 6.20. The molecule has 1 aliphatic heterocycles. The number of halogens is 5. The molecular formula is C19H13F5N4O. The van der Waals surface area contributed by atoms with Gasteiger partial charge in [-0.15, -0.1) is 0 Å². The molecule has 0 saturated heterocycles. The van der Waals surface area contributed by atoms with E-state index in [1.807, 2.05) is 0 Å². The molecule has 5 nitrogen and oxygen atoms in total. The van der Waals surface area contributed by atoms with E-state index in [0.29, 0.717) is 22.8 Å². The first-order valence-corrected chi connectivity index (χ1v) is 8.42. The van der Waals surface area contributed by atoms with E-state index in [4.69, 9.17) is 0 Å². The van der Waals surface area contributed by atoms with Gasteiger partial charge in [-0.3, -0.25) is 0 Å². The van der Waals surface area contributed by atoms with E-state index in [9.17, 15) is 22.0 Å². The number of allylic oxidation sites excluding steroid dienone is 1. The molecule has 3 aromatic rings. The summed E-state index contributed by atoms with van der Waals surface area (Å²) in [6.07, 6.45) is -1.32. The number of nitrogens with zero attached hydrogens (tertiary/aromatic N) is 3. The molecule has 29 heavy (non-hydrogen) atoms. The third-order valence-corrected chi connectivity index (χ3v) is 4.38. The molecule has 4 rings (SSSR count). The minimum atomic E-state index is -4.42. The lowest BCUT2D eigenvalue weighted by atomic mass is 10.0. The Morgan fingerprint density at radius 2 is 1.69 bits per heavy atom. The molecule has 2 heterocycles. The van der Waals surface area contributed by atoms with Crippen molar-refractivity contribution in [3.63, 3.8) is 0 Å². The van der Waals surface area contributed by atoms with Crippen molar-refractivity contribution in [3.8, 4) is 5.75 Å². The summed E-state index contributed by atoms with van der Waals surface area (Å²) in [7, 11) is 0. The summed E-state index contributed by atoms with van der Waals surface area (Å²) in [6, 6.07) is 10.3. The number of anilines is 1. The fourth-order valence-corrected chi connectivity index (χ4v) is 3.02. The van der Waals surface area contributed by atoms with Crippen LogP contribution in [-0.2, 0) is 6.18 Å². The van der Waals surface area contributed by atoms with Crippen LogP contribution < -0.4 is 10.1 Å². The Morgan fingerprint density at radius 1 is 1.00 bits per heavy atom. The normalized spacial score (nSPS) is 16.2. The lowest BCUT2D eigenvalue weighted by molar-refractivity contribution is -0.137. The van der Waals surface area contributed by atoms with Crippen molar-refractivity contribution in [2.24, 2.45) is 0 Å². The van der Waals surface area contributed by atoms with Gasteiger partial charge in [0.25, 0.3) is 0 Å². The van der Waals surface area contributed by atoms with E-state index >= 15 is 0 Å². The van der Waals surface area contributed by atoms with E-state index in [0.717, 1.165) is 12.1 Å². The number of nitrogens with one attached hydrogen (secondary N) is 1. The van der Waals surface area contributed by atoms with Crippen LogP contribution in [0.2, 0.25) is 0 Å². The zero-order chi connectivity index (χ0) is 20.6. The van der Waals surface area contributed by atoms with Crippen LogP contribution in [0.3, 0.4) is 0 Å². The second-order valence-corrected chi connectivity index (χ2v) is 6.20. The zero-order valence-electron chi connectivity index (χ0n) is 14.6. The van der Waals surface area contributed by atoms with Crippen molar-refractivity contribution in [3.05, 3.63) is 77.6 Å². The van der Waals surface area contributed by atoms with Gasteiger partial charge in [0.2, 0.25) is 5.95 Å². The molecular weight excluding hydrogens is 395 g/mol. The molecule has 0 unspecified atom stereocenters. The summed E-state index contributed by atoms with van der Waals surface area (Å²) in [5.41, 5.74) is 1.12. The number of alkyl halides is 5. The predicted molar refractivity (Wildman–Crippen MR) is 94.3 cm³/mol. The average Bonchev–Trinajstić information content (AvgIpc) is 3.15. The molecule has 0 bridgehead atoms. The van der Waals surface area contributed by atoms with Crippen LogP contribution in [0.15, 0.2) is 60.9 Å². The number of hydrogen-bond acceptors (Lipinski definition) is 4. The Balaban J connectivity index is 1.67. The van der Waals surface area contributed by atoms with Gasteiger partial charge in [-0.25, -0.2) is 4.68 Å². The minimum Gasteiger partial charge on any atom is -0.435 e. The second kappa shape index (κ2) is 7.19. The molecule has 0 amide bonds. The number of ether oxygens (including phenoxy) is 1. The Labute approximate surface area is 161 Å². The maximum atomic E-state index is 12.8. The minimum absolute atomic E-state index is 0.0163. The fraction of sp³-hybridized carbons (Fsp3) is 0.158. The van der Waals surface area contributed by atoms with Gasteiger partial charge in [0.15, 0.2) is 0 Å². The van der Waals surface area contributed by atoms with Crippen molar-refractivity contribution >= 4 is 11.6 Å². The van der Waals surface area contributed by atoms with Crippen LogP contribution in [0.4, 0.5) is 27.9 Å². The molecule has 2 aromatic carbocycles. The molecule has 150 valence electrons. The van der Waals surface area contributed by atoms with Gasteiger partial charge < -0.3 is 10.1 Å². The highest BCUT2D eigenvalue weighted by atomic mass is 19.4. The topological polar surface area (TPSA) is 52.0 Å². The van der Waals surface area contributed by atoms with Crippen LogP contribution >= 0.6 is 0 Å². The monoisotopic (exact) mass is 408 g/mol. The predicted octanol–water partition coefficient (Wildman–Crippen LogP) is 4.95. The molecule has 0 spiro atoms. The lowest BCUT2D eigenvalue weighted by Gasteiger charge is -2.24. The van der Waals surface area contributed by atoms with Crippen LogP contribution in [-0.4, -0.2) is 21.4 Å². The molecule has 0 saturated carbocycles. The van der Waals surface area contributed by atoms with E-state index < -0.39 is 24.4 Å². The summed E-state index contributed by atoms with van der Waals surface area (Å²) in [6.45, 7) is -2.92. The highest BCUT2D eigenvalue weighted by molar-refractivity contribution is 5.77. The summed E-state index contributed by atoms with van der Waals surface area (Å²) in [5, 5.41) is 7.20. The maximum absolute atomic E-state index is 12.8. The summed E-state index contributed by atoms with van der Waals surface area (Å²) in [5.74, 6) is 0.419. The number of benzene rings is 2. The van der Waals surface area contributed by atoms with E-state index in [-0.39, 0.29) is 5.75 Å². The first-order chi connectivity index (χ1) is 13.8. The van der Waals surface area contributed by atoms with Gasteiger partial charge in [0, 0.05) is 5.70 Å². The number of hydrogen-bond donors (Lipinski definition) is 1. The lowest BCUT2D eigenvalue weighted by Crippen LogP contribution is -2.20. The number of fused-ring (bicyclic) bond motifs is 1. The van der Waals surface area contributed by atoms with Gasteiger partial charge in [0.1, 0.15) is 18.1 Å². The molecule has 1 aromatic heterocycles. The van der Waals surface area contributed by atoms with Crippen LogP contribution in [0.5, 0.6) is 5.75 Å². The van der Waals surface area contributed by atoms with Gasteiger partial charge in [-0.05, 0) is 53.6 Å². The molecule has 0 fully saturated rings. The third-order valence-electron chi connectivity index (χ3n) is 4.38. The van der Waals surface area contributed by atoms with E-state index in [2.05, 4.69) is 20.1 Å². The number of aromatic nitrogens is 3. The first kappa shape index (κ1) is 18.9. The van der Waals surface area contributed by atoms with Crippen molar-refractivity contribution in [1.29, 1.82) is 0 Å². The Kier molecular flexibility index (Phi) is 4.69. The van der Waals surface area contributed by atoms with Crippen LogP contribution in [0.25, 0.3) is 5.70 Å². The highest BCUT2D eigenvalue weighted by Gasteiger charge is 2.31. The first-order valence-electron chi connectivity index (χ1n) is 8.42. The fourth-order valence-electron chi connectivity index (χ4n) is 3.02. The van der Waals surface area contributed by atoms with Gasteiger partial charge >= 0.3 is 12.8 Å². The molecule has 1 N–H and O–H groups in total. The number of rotatable bonds is 4.